The van der Waals surface area contributed by atoms with E-state index in [0.717, 1.165) is 13.2 Å². The van der Waals surface area contributed by atoms with Crippen molar-refractivity contribution in [3.63, 3.8) is 0 Å². The molecule has 0 aromatic heterocycles. The van der Waals surface area contributed by atoms with Gasteiger partial charge in [0.15, 0.2) is 0 Å². The molecule has 2 aliphatic rings. The SMILES string of the molecule is NC1CCC(NCC2CCCO2)CC1. The van der Waals surface area contributed by atoms with Crippen LogP contribution in [-0.4, -0.2) is 31.3 Å². The van der Waals surface area contributed by atoms with Crippen LogP contribution in [0.1, 0.15) is 38.5 Å². The van der Waals surface area contributed by atoms with Crippen LogP contribution in [-0.2, 0) is 4.74 Å². The summed E-state index contributed by atoms with van der Waals surface area (Å²) in [4.78, 5) is 0. The van der Waals surface area contributed by atoms with Crippen LogP contribution in [0.25, 0.3) is 0 Å². The Bertz CT molecular complexity index is 161. The zero-order chi connectivity index (χ0) is 9.80. The standard InChI is InChI=1S/C11H22N2O/c12-9-3-5-10(6-4-9)13-8-11-2-1-7-14-11/h9-11,13H,1-8,12H2. The molecule has 14 heavy (non-hydrogen) atoms. The van der Waals surface area contributed by atoms with Crippen LogP contribution in [0.2, 0.25) is 0 Å². The zero-order valence-corrected chi connectivity index (χ0v) is 8.87. The highest BCUT2D eigenvalue weighted by molar-refractivity contribution is 4.80. The van der Waals surface area contributed by atoms with Crippen molar-refractivity contribution in [1.82, 2.24) is 5.32 Å². The monoisotopic (exact) mass is 198 g/mol. The molecule has 3 nitrogen and oxygen atoms in total. The molecule has 0 radical (unpaired) electrons. The molecule has 3 N–H and O–H groups in total. The molecule has 1 saturated carbocycles. The Hall–Kier alpha value is -0.120. The molecule has 1 aliphatic heterocycles. The average Bonchev–Trinajstić information content (AvgIpc) is 2.70. The van der Waals surface area contributed by atoms with E-state index in [1.807, 2.05) is 0 Å². The second-order valence-corrected chi connectivity index (χ2v) is 4.65. The van der Waals surface area contributed by atoms with Gasteiger partial charge in [-0.05, 0) is 38.5 Å². The molecule has 82 valence electrons. The molecule has 1 atom stereocenters. The number of rotatable bonds is 3. The van der Waals surface area contributed by atoms with Crippen LogP contribution >= 0.6 is 0 Å². The van der Waals surface area contributed by atoms with Crippen LogP contribution in [0.5, 0.6) is 0 Å². The third kappa shape index (κ3) is 2.94. The molecule has 1 unspecified atom stereocenters. The molecule has 1 heterocycles. The third-order valence-corrected chi connectivity index (χ3v) is 3.43. The van der Waals surface area contributed by atoms with Crippen LogP contribution in [0, 0.1) is 0 Å². The Morgan fingerprint density at radius 3 is 2.57 bits per heavy atom. The lowest BCUT2D eigenvalue weighted by Gasteiger charge is -2.27. The number of hydrogen-bond donors (Lipinski definition) is 2. The van der Waals surface area contributed by atoms with Gasteiger partial charge in [0, 0.05) is 25.2 Å². The molecule has 2 rings (SSSR count). The van der Waals surface area contributed by atoms with Gasteiger partial charge in [-0.2, -0.15) is 0 Å². The topological polar surface area (TPSA) is 47.3 Å². The first-order chi connectivity index (χ1) is 6.84. The van der Waals surface area contributed by atoms with Crippen molar-refractivity contribution in [3.8, 4) is 0 Å². The molecule has 1 saturated heterocycles. The molecular formula is C11H22N2O. The first kappa shape index (κ1) is 10.4. The summed E-state index contributed by atoms with van der Waals surface area (Å²) >= 11 is 0. The molecule has 1 aliphatic carbocycles. The van der Waals surface area contributed by atoms with E-state index in [1.54, 1.807) is 0 Å². The lowest BCUT2D eigenvalue weighted by atomic mass is 9.92. The number of nitrogens with one attached hydrogen (secondary N) is 1. The molecule has 0 spiro atoms. The summed E-state index contributed by atoms with van der Waals surface area (Å²) in [7, 11) is 0. The van der Waals surface area contributed by atoms with E-state index in [2.05, 4.69) is 5.32 Å². The number of ether oxygens (including phenoxy) is 1. The van der Waals surface area contributed by atoms with Crippen molar-refractivity contribution in [2.24, 2.45) is 5.73 Å². The minimum atomic E-state index is 0.454. The fourth-order valence-electron chi connectivity index (χ4n) is 2.43. The van der Waals surface area contributed by atoms with E-state index < -0.39 is 0 Å². The minimum Gasteiger partial charge on any atom is -0.377 e. The summed E-state index contributed by atoms with van der Waals surface area (Å²) in [5.74, 6) is 0. The fourth-order valence-corrected chi connectivity index (χ4v) is 2.43. The van der Waals surface area contributed by atoms with Crippen molar-refractivity contribution in [2.75, 3.05) is 13.2 Å². The highest BCUT2D eigenvalue weighted by Gasteiger charge is 2.20. The lowest BCUT2D eigenvalue weighted by molar-refractivity contribution is 0.105. The van der Waals surface area contributed by atoms with Gasteiger partial charge in [-0.3, -0.25) is 0 Å². The normalized spacial score (nSPS) is 38.8. The maximum absolute atomic E-state index is 5.86. The second kappa shape index (κ2) is 5.10. The highest BCUT2D eigenvalue weighted by Crippen LogP contribution is 2.18. The first-order valence-electron chi connectivity index (χ1n) is 5.95. The van der Waals surface area contributed by atoms with Crippen molar-refractivity contribution in [2.45, 2.75) is 56.7 Å². The maximum atomic E-state index is 5.86. The molecule has 2 fully saturated rings. The number of nitrogens with two attached hydrogens (primary N) is 1. The molecule has 0 bridgehead atoms. The third-order valence-electron chi connectivity index (χ3n) is 3.43. The van der Waals surface area contributed by atoms with Gasteiger partial charge in [-0.15, -0.1) is 0 Å². The second-order valence-electron chi connectivity index (χ2n) is 4.65. The van der Waals surface area contributed by atoms with Gasteiger partial charge in [0.2, 0.25) is 0 Å². The smallest absolute Gasteiger partial charge is 0.0700 e. The van der Waals surface area contributed by atoms with Gasteiger partial charge in [-0.1, -0.05) is 0 Å². The molecule has 0 amide bonds. The predicted octanol–water partition coefficient (Wildman–Crippen LogP) is 1.02. The van der Waals surface area contributed by atoms with E-state index in [9.17, 15) is 0 Å². The van der Waals surface area contributed by atoms with E-state index in [0.29, 0.717) is 18.2 Å². The van der Waals surface area contributed by atoms with Gasteiger partial charge >= 0.3 is 0 Å². The Morgan fingerprint density at radius 2 is 1.93 bits per heavy atom. The van der Waals surface area contributed by atoms with E-state index in [-0.39, 0.29) is 0 Å². The molecule has 0 aromatic carbocycles. The van der Waals surface area contributed by atoms with Crippen molar-refractivity contribution in [1.29, 1.82) is 0 Å². The quantitative estimate of drug-likeness (QED) is 0.712. The highest BCUT2D eigenvalue weighted by atomic mass is 16.5. The molecular weight excluding hydrogens is 176 g/mol. The van der Waals surface area contributed by atoms with Crippen molar-refractivity contribution in [3.05, 3.63) is 0 Å². The van der Waals surface area contributed by atoms with Crippen LogP contribution in [0.3, 0.4) is 0 Å². The zero-order valence-electron chi connectivity index (χ0n) is 8.87. The molecule has 3 heteroatoms. The minimum absolute atomic E-state index is 0.454. The Labute approximate surface area is 86.4 Å². The Balaban J connectivity index is 1.60. The summed E-state index contributed by atoms with van der Waals surface area (Å²) < 4.78 is 5.58. The number of hydrogen-bond acceptors (Lipinski definition) is 3. The Kier molecular flexibility index (Phi) is 3.79. The fraction of sp³-hybridized carbons (Fsp3) is 1.00. The van der Waals surface area contributed by atoms with Gasteiger partial charge in [0.25, 0.3) is 0 Å². The summed E-state index contributed by atoms with van der Waals surface area (Å²) in [5.41, 5.74) is 5.86. The summed E-state index contributed by atoms with van der Waals surface area (Å²) in [6.07, 6.45) is 7.81. The first-order valence-corrected chi connectivity index (χ1v) is 5.95. The predicted molar refractivity (Wildman–Crippen MR) is 57.2 cm³/mol. The van der Waals surface area contributed by atoms with Gasteiger partial charge < -0.3 is 15.8 Å². The molecule has 0 aromatic rings. The van der Waals surface area contributed by atoms with Gasteiger partial charge in [0.1, 0.15) is 0 Å². The van der Waals surface area contributed by atoms with Gasteiger partial charge in [-0.25, -0.2) is 0 Å². The average molecular weight is 198 g/mol. The largest absolute Gasteiger partial charge is 0.377 e. The van der Waals surface area contributed by atoms with Crippen LogP contribution < -0.4 is 11.1 Å². The van der Waals surface area contributed by atoms with Crippen molar-refractivity contribution >= 4 is 0 Å². The van der Waals surface area contributed by atoms with Crippen LogP contribution in [0.15, 0.2) is 0 Å². The van der Waals surface area contributed by atoms with Crippen LogP contribution in [0.4, 0.5) is 0 Å². The van der Waals surface area contributed by atoms with Crippen molar-refractivity contribution < 1.29 is 4.74 Å². The van der Waals surface area contributed by atoms with E-state index in [4.69, 9.17) is 10.5 Å². The van der Waals surface area contributed by atoms with Gasteiger partial charge in [0.05, 0.1) is 6.10 Å². The summed E-state index contributed by atoms with van der Waals surface area (Å²) in [5, 5.41) is 3.60. The van der Waals surface area contributed by atoms with E-state index >= 15 is 0 Å². The maximum Gasteiger partial charge on any atom is 0.0700 e. The summed E-state index contributed by atoms with van der Waals surface area (Å²) in [6, 6.07) is 1.15. The summed E-state index contributed by atoms with van der Waals surface area (Å²) in [6.45, 7) is 2.00. The lowest BCUT2D eigenvalue weighted by Crippen LogP contribution is -2.40. The van der Waals surface area contributed by atoms with E-state index in [1.165, 1.54) is 38.5 Å². The Morgan fingerprint density at radius 1 is 1.14 bits per heavy atom.